The quantitative estimate of drug-likeness (QED) is 0.656. The van der Waals surface area contributed by atoms with Crippen molar-refractivity contribution in [1.29, 1.82) is 0 Å². The summed E-state index contributed by atoms with van der Waals surface area (Å²) < 4.78 is 0. The molecular weight excluding hydrogens is 330 g/mol. The summed E-state index contributed by atoms with van der Waals surface area (Å²) in [4.78, 5) is 35.2. The third kappa shape index (κ3) is 3.54. The monoisotopic (exact) mass is 343 g/mol. The molecule has 0 aromatic heterocycles. The second-order valence-electron chi connectivity index (χ2n) is 5.15. The number of nitro groups is 1. The first kappa shape index (κ1) is 16.0. The lowest BCUT2D eigenvalue weighted by Gasteiger charge is -2.23. The van der Waals surface area contributed by atoms with E-state index >= 15 is 0 Å². The summed E-state index contributed by atoms with van der Waals surface area (Å²) in [6.07, 6.45) is 0.0157. The van der Waals surface area contributed by atoms with E-state index in [2.05, 4.69) is 10.6 Å². The molecule has 1 atom stereocenters. The number of carbonyl (C=O) groups is 2. The third-order valence-corrected chi connectivity index (χ3v) is 4.71. The number of nitro benzene ring substituents is 1. The number of carbonyl (C=O) groups excluding carboxylic acids is 2. The van der Waals surface area contributed by atoms with Crippen LogP contribution in [0, 0.1) is 10.1 Å². The Labute approximate surface area is 141 Å². The van der Waals surface area contributed by atoms with Gasteiger partial charge in [-0.1, -0.05) is 12.1 Å². The number of fused-ring (bicyclic) bond motifs is 1. The average Bonchev–Trinajstić information content (AvgIpc) is 2.56. The van der Waals surface area contributed by atoms with Crippen LogP contribution in [0.2, 0.25) is 0 Å². The van der Waals surface area contributed by atoms with Crippen LogP contribution in [0.15, 0.2) is 53.4 Å². The van der Waals surface area contributed by atoms with Crippen molar-refractivity contribution in [1.82, 2.24) is 0 Å². The molecule has 0 spiro atoms. The summed E-state index contributed by atoms with van der Waals surface area (Å²) in [7, 11) is 0. The first-order chi connectivity index (χ1) is 11.5. The first-order valence-corrected chi connectivity index (χ1v) is 8.02. The van der Waals surface area contributed by atoms with E-state index < -0.39 is 10.2 Å². The Morgan fingerprint density at radius 2 is 1.92 bits per heavy atom. The minimum atomic E-state index is -0.516. The van der Waals surface area contributed by atoms with Gasteiger partial charge in [0.25, 0.3) is 5.69 Å². The summed E-state index contributed by atoms with van der Waals surface area (Å²) in [5, 5.41) is 15.5. The molecule has 1 unspecified atom stereocenters. The van der Waals surface area contributed by atoms with Gasteiger partial charge >= 0.3 is 0 Å². The Balaban J connectivity index is 1.63. The Hall–Kier alpha value is -2.87. The predicted octanol–water partition coefficient (Wildman–Crippen LogP) is 3.04. The smallest absolute Gasteiger partial charge is 0.269 e. The maximum Gasteiger partial charge on any atom is 0.269 e. The SMILES string of the molecule is O=C(CC1Sc2ccccc2NC1=O)Nc1ccc([N+](=O)[O-])cc1. The number of amides is 2. The molecule has 0 saturated heterocycles. The fraction of sp³-hybridized carbons (Fsp3) is 0.125. The minimum Gasteiger partial charge on any atom is -0.326 e. The van der Waals surface area contributed by atoms with Crippen LogP contribution in [0.5, 0.6) is 0 Å². The van der Waals surface area contributed by atoms with Gasteiger partial charge in [0.1, 0.15) is 0 Å². The minimum absolute atomic E-state index is 0.0157. The first-order valence-electron chi connectivity index (χ1n) is 7.14. The molecule has 0 saturated carbocycles. The van der Waals surface area contributed by atoms with Crippen molar-refractivity contribution in [2.24, 2.45) is 0 Å². The normalized spacial score (nSPS) is 16.0. The van der Waals surface area contributed by atoms with Crippen molar-refractivity contribution in [2.45, 2.75) is 16.6 Å². The molecule has 0 bridgehead atoms. The van der Waals surface area contributed by atoms with Gasteiger partial charge in [-0.3, -0.25) is 19.7 Å². The average molecular weight is 343 g/mol. The summed E-state index contributed by atoms with van der Waals surface area (Å²) in [6.45, 7) is 0. The van der Waals surface area contributed by atoms with Crippen LogP contribution in [-0.4, -0.2) is 22.0 Å². The molecule has 8 heteroatoms. The van der Waals surface area contributed by atoms with Gasteiger partial charge in [0, 0.05) is 29.1 Å². The molecule has 24 heavy (non-hydrogen) atoms. The molecule has 7 nitrogen and oxygen atoms in total. The summed E-state index contributed by atoms with van der Waals surface area (Å²) in [5.74, 6) is -0.534. The van der Waals surface area contributed by atoms with Crippen molar-refractivity contribution < 1.29 is 14.5 Å². The number of non-ortho nitro benzene ring substituents is 1. The molecule has 1 aliphatic heterocycles. The molecule has 2 aromatic rings. The van der Waals surface area contributed by atoms with Crippen molar-refractivity contribution in [2.75, 3.05) is 10.6 Å². The molecule has 2 amide bonds. The van der Waals surface area contributed by atoms with Crippen LogP contribution in [0.1, 0.15) is 6.42 Å². The van der Waals surface area contributed by atoms with Gasteiger partial charge in [-0.2, -0.15) is 0 Å². The van der Waals surface area contributed by atoms with Gasteiger partial charge in [-0.15, -0.1) is 11.8 Å². The van der Waals surface area contributed by atoms with E-state index in [1.807, 2.05) is 24.3 Å². The number of benzene rings is 2. The second kappa shape index (κ2) is 6.71. The van der Waals surface area contributed by atoms with E-state index in [1.54, 1.807) is 0 Å². The van der Waals surface area contributed by atoms with E-state index in [0.29, 0.717) is 5.69 Å². The highest BCUT2D eigenvalue weighted by atomic mass is 32.2. The summed E-state index contributed by atoms with van der Waals surface area (Å²) in [6, 6.07) is 13.0. The van der Waals surface area contributed by atoms with Crippen LogP contribution in [-0.2, 0) is 9.59 Å². The standard InChI is InChI=1S/C16H13N3O4S/c20-15(17-10-5-7-11(8-6-10)19(22)23)9-14-16(21)18-12-3-1-2-4-13(12)24-14/h1-8,14H,9H2,(H,17,20)(H,18,21). The van der Waals surface area contributed by atoms with E-state index in [0.717, 1.165) is 10.6 Å². The molecule has 122 valence electrons. The highest BCUT2D eigenvalue weighted by Gasteiger charge is 2.28. The van der Waals surface area contributed by atoms with Crippen molar-refractivity contribution in [3.63, 3.8) is 0 Å². The third-order valence-electron chi connectivity index (χ3n) is 3.44. The number of hydrogen-bond acceptors (Lipinski definition) is 5. The fourth-order valence-corrected chi connectivity index (χ4v) is 3.38. The number of anilines is 2. The van der Waals surface area contributed by atoms with E-state index in [1.165, 1.54) is 36.0 Å². The molecule has 2 N–H and O–H groups in total. The van der Waals surface area contributed by atoms with Gasteiger partial charge in [0.15, 0.2) is 0 Å². The van der Waals surface area contributed by atoms with Gasteiger partial charge < -0.3 is 10.6 Å². The largest absolute Gasteiger partial charge is 0.326 e. The lowest BCUT2D eigenvalue weighted by Crippen LogP contribution is -2.32. The van der Waals surface area contributed by atoms with Crippen molar-refractivity contribution >= 4 is 40.6 Å². The van der Waals surface area contributed by atoms with Crippen LogP contribution in [0.25, 0.3) is 0 Å². The zero-order valence-electron chi connectivity index (χ0n) is 12.4. The molecule has 0 radical (unpaired) electrons. The Morgan fingerprint density at radius 1 is 1.21 bits per heavy atom. The van der Waals surface area contributed by atoms with Crippen molar-refractivity contribution in [3.05, 3.63) is 58.6 Å². The summed E-state index contributed by atoms with van der Waals surface area (Å²) >= 11 is 1.35. The molecule has 1 heterocycles. The number of rotatable bonds is 4. The van der Waals surface area contributed by atoms with Crippen molar-refractivity contribution in [3.8, 4) is 0 Å². The van der Waals surface area contributed by atoms with Crippen LogP contribution in [0.3, 0.4) is 0 Å². The molecule has 2 aromatic carbocycles. The second-order valence-corrected chi connectivity index (χ2v) is 6.39. The molecular formula is C16H13N3O4S. The van der Waals surface area contributed by atoms with Gasteiger partial charge in [-0.05, 0) is 24.3 Å². The zero-order chi connectivity index (χ0) is 17.1. The Bertz CT molecular complexity index is 807. The van der Waals surface area contributed by atoms with Crippen LogP contribution in [0.4, 0.5) is 17.1 Å². The highest BCUT2D eigenvalue weighted by Crippen LogP contribution is 2.36. The van der Waals surface area contributed by atoms with Crippen LogP contribution < -0.4 is 10.6 Å². The fourth-order valence-electron chi connectivity index (χ4n) is 2.27. The molecule has 3 rings (SSSR count). The number of para-hydroxylation sites is 1. The van der Waals surface area contributed by atoms with Gasteiger partial charge in [-0.25, -0.2) is 0 Å². The zero-order valence-corrected chi connectivity index (χ0v) is 13.2. The lowest BCUT2D eigenvalue weighted by molar-refractivity contribution is -0.384. The lowest BCUT2D eigenvalue weighted by atomic mass is 10.2. The summed E-state index contributed by atoms with van der Waals surface area (Å²) in [5.41, 5.74) is 1.15. The number of thioether (sulfide) groups is 1. The number of hydrogen-bond donors (Lipinski definition) is 2. The van der Waals surface area contributed by atoms with E-state index in [4.69, 9.17) is 0 Å². The Kier molecular flexibility index (Phi) is 4.48. The maximum atomic E-state index is 12.1. The van der Waals surface area contributed by atoms with Crippen LogP contribution >= 0.6 is 11.8 Å². The maximum absolute atomic E-state index is 12.1. The number of nitrogens with one attached hydrogen (secondary N) is 2. The molecule has 1 aliphatic rings. The predicted molar refractivity (Wildman–Crippen MR) is 91.1 cm³/mol. The highest BCUT2D eigenvalue weighted by molar-refractivity contribution is 8.01. The Morgan fingerprint density at radius 3 is 2.62 bits per heavy atom. The van der Waals surface area contributed by atoms with Gasteiger partial charge in [0.05, 0.1) is 15.9 Å². The van der Waals surface area contributed by atoms with E-state index in [-0.39, 0.29) is 23.9 Å². The van der Waals surface area contributed by atoms with E-state index in [9.17, 15) is 19.7 Å². The number of nitrogens with zero attached hydrogens (tertiary/aromatic N) is 1. The molecule has 0 aliphatic carbocycles. The topological polar surface area (TPSA) is 101 Å². The van der Waals surface area contributed by atoms with Gasteiger partial charge in [0.2, 0.25) is 11.8 Å². The molecule has 0 fully saturated rings.